The molecule has 20 heavy (non-hydrogen) atoms. The Hall–Kier alpha value is -1.99. The van der Waals surface area contributed by atoms with Crippen LogP contribution in [0.3, 0.4) is 0 Å². The molecule has 0 heterocycles. The largest absolute Gasteiger partial charge is 0.478 e. The summed E-state index contributed by atoms with van der Waals surface area (Å²) in [6, 6.07) is 3.49. The molecule has 7 heteroatoms. The number of non-ortho nitro benzene ring substituents is 1. The van der Waals surface area contributed by atoms with E-state index in [2.05, 4.69) is 0 Å². The number of carboxylic acids is 1. The van der Waals surface area contributed by atoms with Crippen LogP contribution in [0.2, 0.25) is 0 Å². The van der Waals surface area contributed by atoms with Crippen LogP contribution in [0.4, 0.5) is 5.69 Å². The van der Waals surface area contributed by atoms with Crippen LogP contribution in [0, 0.1) is 10.1 Å². The molecule has 0 saturated heterocycles. The molecule has 0 radical (unpaired) electrons. The van der Waals surface area contributed by atoms with E-state index in [0.29, 0.717) is 19.3 Å². The number of nitro benzene ring substituents is 1. The van der Waals surface area contributed by atoms with Crippen LogP contribution in [-0.2, 0) is 6.42 Å². The second-order valence-electron chi connectivity index (χ2n) is 4.48. The van der Waals surface area contributed by atoms with E-state index in [9.17, 15) is 20.0 Å². The SMILES string of the molecule is O=C(O)c1ccc([N+](=O)[O-])cc1CC(O)CCCCO. The number of rotatable bonds is 8. The third-order valence-corrected chi connectivity index (χ3v) is 2.93. The fraction of sp³-hybridized carbons (Fsp3) is 0.462. The van der Waals surface area contributed by atoms with Crippen LogP contribution >= 0.6 is 0 Å². The molecule has 1 aromatic rings. The van der Waals surface area contributed by atoms with Crippen molar-refractivity contribution in [2.75, 3.05) is 6.61 Å². The fourth-order valence-electron chi connectivity index (χ4n) is 1.92. The first kappa shape index (κ1) is 16.1. The lowest BCUT2D eigenvalue weighted by molar-refractivity contribution is -0.384. The molecule has 1 unspecified atom stereocenters. The lowest BCUT2D eigenvalue weighted by atomic mass is 9.98. The van der Waals surface area contributed by atoms with Crippen molar-refractivity contribution in [1.29, 1.82) is 0 Å². The van der Waals surface area contributed by atoms with Crippen molar-refractivity contribution in [2.24, 2.45) is 0 Å². The molecular weight excluding hydrogens is 266 g/mol. The lowest BCUT2D eigenvalue weighted by Crippen LogP contribution is -2.14. The molecule has 7 nitrogen and oxygen atoms in total. The summed E-state index contributed by atoms with van der Waals surface area (Å²) in [4.78, 5) is 21.2. The monoisotopic (exact) mass is 283 g/mol. The normalized spacial score (nSPS) is 12.1. The number of nitro groups is 1. The minimum Gasteiger partial charge on any atom is -0.478 e. The average Bonchev–Trinajstić information content (AvgIpc) is 2.38. The second-order valence-corrected chi connectivity index (χ2v) is 4.48. The van der Waals surface area contributed by atoms with E-state index in [0.717, 1.165) is 6.07 Å². The first-order valence-electron chi connectivity index (χ1n) is 6.25. The van der Waals surface area contributed by atoms with Gasteiger partial charge in [-0.1, -0.05) is 0 Å². The number of carbonyl (C=O) groups is 1. The Morgan fingerprint density at radius 2 is 2.05 bits per heavy atom. The van der Waals surface area contributed by atoms with Gasteiger partial charge in [-0.05, 0) is 37.3 Å². The third-order valence-electron chi connectivity index (χ3n) is 2.93. The Morgan fingerprint density at radius 3 is 2.60 bits per heavy atom. The standard InChI is InChI=1S/C13H17NO6/c15-6-2-1-3-11(16)8-9-7-10(14(19)20)4-5-12(9)13(17)18/h4-5,7,11,15-16H,1-3,6,8H2,(H,17,18). The van der Waals surface area contributed by atoms with Crippen molar-refractivity contribution in [3.8, 4) is 0 Å². The molecule has 1 rings (SSSR count). The third kappa shape index (κ3) is 4.60. The van der Waals surface area contributed by atoms with Gasteiger partial charge in [0.2, 0.25) is 0 Å². The molecule has 1 atom stereocenters. The minimum absolute atomic E-state index is 0.0317. The van der Waals surface area contributed by atoms with E-state index >= 15 is 0 Å². The zero-order valence-electron chi connectivity index (χ0n) is 10.9. The van der Waals surface area contributed by atoms with E-state index < -0.39 is 17.0 Å². The number of benzene rings is 1. The summed E-state index contributed by atoms with van der Waals surface area (Å²) >= 11 is 0. The summed E-state index contributed by atoms with van der Waals surface area (Å²) in [5.74, 6) is -1.18. The van der Waals surface area contributed by atoms with Crippen LogP contribution in [-0.4, -0.2) is 38.9 Å². The number of hydrogen-bond acceptors (Lipinski definition) is 5. The molecule has 0 aliphatic rings. The van der Waals surface area contributed by atoms with E-state index in [1.807, 2.05) is 0 Å². The number of hydrogen-bond donors (Lipinski definition) is 3. The van der Waals surface area contributed by atoms with Gasteiger partial charge in [-0.2, -0.15) is 0 Å². The first-order chi connectivity index (χ1) is 9.45. The summed E-state index contributed by atoms with van der Waals surface area (Å²) in [7, 11) is 0. The topological polar surface area (TPSA) is 121 Å². The smallest absolute Gasteiger partial charge is 0.335 e. The number of carboxylic acid groups (broad SMARTS) is 1. The van der Waals surface area contributed by atoms with E-state index in [1.165, 1.54) is 12.1 Å². The fourth-order valence-corrected chi connectivity index (χ4v) is 1.92. The molecule has 3 N–H and O–H groups in total. The highest BCUT2D eigenvalue weighted by molar-refractivity contribution is 5.89. The summed E-state index contributed by atoms with van der Waals surface area (Å²) in [6.45, 7) is 0.0317. The maximum Gasteiger partial charge on any atom is 0.335 e. The number of unbranched alkanes of at least 4 members (excludes halogenated alkanes) is 1. The van der Waals surface area contributed by atoms with Gasteiger partial charge < -0.3 is 15.3 Å². The maximum absolute atomic E-state index is 11.1. The zero-order chi connectivity index (χ0) is 15.1. The lowest BCUT2D eigenvalue weighted by Gasteiger charge is -2.12. The molecule has 0 aliphatic heterocycles. The van der Waals surface area contributed by atoms with Crippen molar-refractivity contribution in [3.05, 3.63) is 39.4 Å². The van der Waals surface area contributed by atoms with Gasteiger partial charge in [0.15, 0.2) is 0 Å². The van der Waals surface area contributed by atoms with E-state index in [4.69, 9.17) is 10.2 Å². The van der Waals surface area contributed by atoms with Crippen molar-refractivity contribution in [1.82, 2.24) is 0 Å². The molecule has 0 fully saturated rings. The Bertz CT molecular complexity index is 488. The molecule has 0 saturated carbocycles. The number of aromatic carboxylic acids is 1. The zero-order valence-corrected chi connectivity index (χ0v) is 10.9. The van der Waals surface area contributed by atoms with Crippen LogP contribution in [0.25, 0.3) is 0 Å². The molecule has 0 bridgehead atoms. The maximum atomic E-state index is 11.1. The quantitative estimate of drug-likeness (QED) is 0.376. The summed E-state index contributed by atoms with van der Waals surface area (Å²) in [6.07, 6.45) is 0.811. The van der Waals surface area contributed by atoms with Crippen LogP contribution in [0.15, 0.2) is 18.2 Å². The average molecular weight is 283 g/mol. The van der Waals surface area contributed by atoms with Gasteiger partial charge in [-0.25, -0.2) is 4.79 Å². The Kier molecular flexibility index (Phi) is 6.08. The summed E-state index contributed by atoms with van der Waals surface area (Å²) in [5.41, 5.74) is -0.00688. The minimum atomic E-state index is -1.18. The number of aliphatic hydroxyl groups is 2. The van der Waals surface area contributed by atoms with E-state index in [-0.39, 0.29) is 29.8 Å². The van der Waals surface area contributed by atoms with Crippen LogP contribution in [0.5, 0.6) is 0 Å². The van der Waals surface area contributed by atoms with Gasteiger partial charge in [-0.3, -0.25) is 10.1 Å². The number of nitrogens with zero attached hydrogens (tertiary/aromatic N) is 1. The molecule has 1 aromatic carbocycles. The van der Waals surface area contributed by atoms with Crippen molar-refractivity contribution < 1.29 is 25.0 Å². The van der Waals surface area contributed by atoms with Crippen LogP contribution < -0.4 is 0 Å². The predicted molar refractivity (Wildman–Crippen MR) is 70.7 cm³/mol. The van der Waals surface area contributed by atoms with Gasteiger partial charge in [0.25, 0.3) is 5.69 Å². The Labute approximate surface area is 115 Å². The highest BCUT2D eigenvalue weighted by Crippen LogP contribution is 2.20. The highest BCUT2D eigenvalue weighted by Gasteiger charge is 2.17. The number of aliphatic hydroxyl groups excluding tert-OH is 2. The van der Waals surface area contributed by atoms with Crippen molar-refractivity contribution >= 4 is 11.7 Å². The summed E-state index contributed by atoms with van der Waals surface area (Å²) in [5, 5.41) is 38.2. The summed E-state index contributed by atoms with van der Waals surface area (Å²) < 4.78 is 0. The molecule has 0 aliphatic carbocycles. The van der Waals surface area contributed by atoms with E-state index in [1.54, 1.807) is 0 Å². The molecular formula is C13H17NO6. The van der Waals surface area contributed by atoms with Gasteiger partial charge in [0.1, 0.15) is 0 Å². The second kappa shape index (κ2) is 7.56. The first-order valence-corrected chi connectivity index (χ1v) is 6.25. The highest BCUT2D eigenvalue weighted by atomic mass is 16.6. The van der Waals surface area contributed by atoms with Crippen molar-refractivity contribution in [2.45, 2.75) is 31.8 Å². The predicted octanol–water partition coefficient (Wildman–Crippen LogP) is 1.36. The Balaban J connectivity index is 2.87. The van der Waals surface area contributed by atoms with Gasteiger partial charge in [0, 0.05) is 18.7 Å². The molecule has 0 aromatic heterocycles. The van der Waals surface area contributed by atoms with Crippen LogP contribution in [0.1, 0.15) is 35.2 Å². The molecule has 110 valence electrons. The molecule has 0 amide bonds. The Morgan fingerprint density at radius 1 is 1.35 bits per heavy atom. The van der Waals surface area contributed by atoms with Gasteiger partial charge in [-0.15, -0.1) is 0 Å². The van der Waals surface area contributed by atoms with Gasteiger partial charge in [0.05, 0.1) is 16.6 Å². The van der Waals surface area contributed by atoms with Gasteiger partial charge >= 0.3 is 5.97 Å². The molecule has 0 spiro atoms. The van der Waals surface area contributed by atoms with Crippen molar-refractivity contribution in [3.63, 3.8) is 0 Å².